The monoisotopic (exact) mass is 419 g/mol. The Morgan fingerprint density at radius 3 is 2.21 bits per heavy atom. The minimum atomic E-state index is -3.71. The number of benzene rings is 1. The van der Waals surface area contributed by atoms with Gasteiger partial charge in [0.2, 0.25) is 15.9 Å². The van der Waals surface area contributed by atoms with E-state index in [-0.39, 0.29) is 23.4 Å². The van der Waals surface area contributed by atoms with E-state index in [2.05, 4.69) is 0 Å². The number of carbonyl (C=O) groups excluding carboxylic acids is 1. The van der Waals surface area contributed by atoms with Crippen molar-refractivity contribution >= 4 is 15.9 Å². The molecule has 1 heterocycles. The molecule has 1 aromatic carbocycles. The molecule has 0 aliphatic carbocycles. The topological polar surface area (TPSA) is 79.7 Å². The van der Waals surface area contributed by atoms with Crippen molar-refractivity contribution in [3.63, 3.8) is 0 Å². The maximum absolute atomic E-state index is 12.9. The third-order valence-electron chi connectivity index (χ3n) is 4.74. The van der Waals surface area contributed by atoms with Gasteiger partial charge in [0.1, 0.15) is 6.54 Å². The molecule has 0 atom stereocenters. The van der Waals surface area contributed by atoms with Crippen molar-refractivity contribution in [2.75, 3.05) is 13.1 Å². The highest BCUT2D eigenvalue weighted by Gasteiger charge is 2.23. The van der Waals surface area contributed by atoms with Crippen LogP contribution in [-0.2, 0) is 27.9 Å². The van der Waals surface area contributed by atoms with Gasteiger partial charge in [0.15, 0.2) is 0 Å². The van der Waals surface area contributed by atoms with Gasteiger partial charge in [0.25, 0.3) is 5.56 Å². The molecule has 2 aromatic rings. The largest absolute Gasteiger partial charge is 0.334 e. The second kappa shape index (κ2) is 9.84. The van der Waals surface area contributed by atoms with Crippen LogP contribution in [0.4, 0.5) is 0 Å². The number of amides is 1. The number of hydrogen-bond donors (Lipinski definition) is 0. The Morgan fingerprint density at radius 1 is 1.03 bits per heavy atom. The van der Waals surface area contributed by atoms with E-state index in [1.54, 1.807) is 18.7 Å². The lowest BCUT2D eigenvalue weighted by atomic mass is 10.2. The molecule has 0 saturated heterocycles. The van der Waals surface area contributed by atoms with Crippen LogP contribution < -0.4 is 5.56 Å². The first-order valence-corrected chi connectivity index (χ1v) is 11.2. The molecule has 29 heavy (non-hydrogen) atoms. The highest BCUT2D eigenvalue weighted by molar-refractivity contribution is 7.89. The van der Waals surface area contributed by atoms with Gasteiger partial charge in [-0.1, -0.05) is 44.2 Å². The summed E-state index contributed by atoms with van der Waals surface area (Å²) in [6.45, 7) is 8.18. The summed E-state index contributed by atoms with van der Waals surface area (Å²) in [4.78, 5) is 26.9. The SMILES string of the molecule is CCN(CC)S(=O)(=O)c1ccc(=O)n(CC(=O)N(Cc2ccccc2)C(C)C)c1. The molecule has 0 fully saturated rings. The van der Waals surface area contributed by atoms with E-state index in [9.17, 15) is 18.0 Å². The van der Waals surface area contributed by atoms with Gasteiger partial charge in [0.05, 0.1) is 4.90 Å². The molecule has 1 amide bonds. The predicted molar refractivity (Wildman–Crippen MR) is 113 cm³/mol. The van der Waals surface area contributed by atoms with E-state index < -0.39 is 15.6 Å². The maximum atomic E-state index is 12.9. The van der Waals surface area contributed by atoms with Gasteiger partial charge in [0, 0.05) is 37.9 Å². The van der Waals surface area contributed by atoms with Gasteiger partial charge in [-0.15, -0.1) is 0 Å². The summed E-state index contributed by atoms with van der Waals surface area (Å²) in [5, 5.41) is 0. The summed E-state index contributed by atoms with van der Waals surface area (Å²) in [6, 6.07) is 12.0. The van der Waals surface area contributed by atoms with Crippen molar-refractivity contribution in [3.05, 3.63) is 64.6 Å². The smallest absolute Gasteiger partial charge is 0.251 e. The van der Waals surface area contributed by atoms with Crippen LogP contribution in [0.3, 0.4) is 0 Å². The predicted octanol–water partition coefficient (Wildman–Crippen LogP) is 2.32. The second-order valence-corrected chi connectivity index (χ2v) is 8.96. The number of sulfonamides is 1. The average molecular weight is 420 g/mol. The van der Waals surface area contributed by atoms with E-state index in [1.807, 2.05) is 44.2 Å². The van der Waals surface area contributed by atoms with E-state index in [0.717, 1.165) is 5.56 Å². The summed E-state index contributed by atoms with van der Waals surface area (Å²) >= 11 is 0. The minimum absolute atomic E-state index is 0.00718. The molecule has 0 saturated carbocycles. The fraction of sp³-hybridized carbons (Fsp3) is 0.429. The summed E-state index contributed by atoms with van der Waals surface area (Å²) in [6.07, 6.45) is 1.26. The summed E-state index contributed by atoms with van der Waals surface area (Å²) in [7, 11) is -3.71. The Kier molecular flexibility index (Phi) is 7.75. The van der Waals surface area contributed by atoms with Gasteiger partial charge in [-0.05, 0) is 25.5 Å². The van der Waals surface area contributed by atoms with E-state index in [1.165, 1.54) is 27.2 Å². The summed E-state index contributed by atoms with van der Waals surface area (Å²) in [5.41, 5.74) is 0.569. The maximum Gasteiger partial charge on any atom is 0.251 e. The second-order valence-electron chi connectivity index (χ2n) is 7.02. The fourth-order valence-electron chi connectivity index (χ4n) is 3.07. The van der Waals surface area contributed by atoms with Crippen LogP contribution in [0.2, 0.25) is 0 Å². The Balaban J connectivity index is 2.30. The van der Waals surface area contributed by atoms with Crippen LogP contribution >= 0.6 is 0 Å². The van der Waals surface area contributed by atoms with Crippen LogP contribution in [-0.4, -0.2) is 47.2 Å². The molecule has 158 valence electrons. The van der Waals surface area contributed by atoms with E-state index in [0.29, 0.717) is 19.6 Å². The summed E-state index contributed by atoms with van der Waals surface area (Å²) in [5.74, 6) is -0.247. The lowest BCUT2D eigenvalue weighted by molar-refractivity contribution is -0.134. The molecule has 2 rings (SSSR count). The lowest BCUT2D eigenvalue weighted by Crippen LogP contribution is -2.40. The molecule has 7 nitrogen and oxygen atoms in total. The third kappa shape index (κ3) is 5.55. The Bertz CT molecular complexity index is 980. The van der Waals surface area contributed by atoms with E-state index in [4.69, 9.17) is 0 Å². The molecular formula is C21H29N3O4S. The Morgan fingerprint density at radius 2 is 1.66 bits per heavy atom. The van der Waals surface area contributed by atoms with Crippen molar-refractivity contribution in [2.45, 2.75) is 51.7 Å². The fourth-order valence-corrected chi connectivity index (χ4v) is 4.55. The van der Waals surface area contributed by atoms with Crippen LogP contribution in [0.15, 0.2) is 58.4 Å². The molecule has 0 N–H and O–H groups in total. The zero-order valence-electron chi connectivity index (χ0n) is 17.4. The first-order valence-electron chi connectivity index (χ1n) is 9.74. The number of carbonyl (C=O) groups is 1. The van der Waals surface area contributed by atoms with Crippen molar-refractivity contribution in [2.24, 2.45) is 0 Å². The van der Waals surface area contributed by atoms with Crippen LogP contribution in [0.1, 0.15) is 33.3 Å². The van der Waals surface area contributed by atoms with Crippen LogP contribution in [0.25, 0.3) is 0 Å². The number of aromatic nitrogens is 1. The molecule has 0 bridgehead atoms. The van der Waals surface area contributed by atoms with Gasteiger partial charge >= 0.3 is 0 Å². The molecule has 0 aliphatic rings. The highest BCUT2D eigenvalue weighted by Crippen LogP contribution is 2.14. The average Bonchev–Trinajstić information content (AvgIpc) is 2.68. The van der Waals surface area contributed by atoms with Crippen molar-refractivity contribution < 1.29 is 13.2 Å². The van der Waals surface area contributed by atoms with Crippen molar-refractivity contribution in [1.29, 1.82) is 0 Å². The quantitative estimate of drug-likeness (QED) is 0.625. The first-order chi connectivity index (χ1) is 13.7. The molecular weight excluding hydrogens is 390 g/mol. The molecule has 0 unspecified atom stereocenters. The van der Waals surface area contributed by atoms with Crippen LogP contribution in [0, 0.1) is 0 Å². The number of pyridine rings is 1. The summed E-state index contributed by atoms with van der Waals surface area (Å²) < 4.78 is 28.0. The minimum Gasteiger partial charge on any atom is -0.334 e. The third-order valence-corrected chi connectivity index (χ3v) is 6.78. The number of nitrogens with zero attached hydrogens (tertiary/aromatic N) is 3. The first kappa shape index (κ1) is 22.8. The van der Waals surface area contributed by atoms with Gasteiger partial charge in [-0.25, -0.2) is 8.42 Å². The normalized spacial score (nSPS) is 11.8. The van der Waals surface area contributed by atoms with E-state index >= 15 is 0 Å². The number of hydrogen-bond acceptors (Lipinski definition) is 4. The molecule has 0 radical (unpaired) electrons. The molecule has 0 spiro atoms. The molecule has 0 aliphatic heterocycles. The molecule has 1 aromatic heterocycles. The highest BCUT2D eigenvalue weighted by atomic mass is 32.2. The Labute approximate surface area is 172 Å². The number of rotatable bonds is 9. The zero-order chi connectivity index (χ0) is 21.6. The van der Waals surface area contributed by atoms with Gasteiger partial charge in [-0.2, -0.15) is 4.31 Å². The standard InChI is InChI=1S/C21H29N3O4S/c1-5-23(6-2)29(27,28)19-12-13-20(25)22(15-19)16-21(26)24(17(3)4)14-18-10-8-7-9-11-18/h7-13,15,17H,5-6,14,16H2,1-4H3. The zero-order valence-corrected chi connectivity index (χ0v) is 18.2. The van der Waals surface area contributed by atoms with Gasteiger partial charge < -0.3 is 9.47 Å². The molecule has 8 heteroatoms. The van der Waals surface area contributed by atoms with Gasteiger partial charge in [-0.3, -0.25) is 9.59 Å². The van der Waals surface area contributed by atoms with Crippen LogP contribution in [0.5, 0.6) is 0 Å². The lowest BCUT2D eigenvalue weighted by Gasteiger charge is -2.27. The van der Waals surface area contributed by atoms with Crippen molar-refractivity contribution in [3.8, 4) is 0 Å². The Hall–Kier alpha value is -2.45. The van der Waals surface area contributed by atoms with Crippen molar-refractivity contribution in [1.82, 2.24) is 13.8 Å².